The van der Waals surface area contributed by atoms with E-state index in [9.17, 15) is 0 Å². The lowest BCUT2D eigenvalue weighted by molar-refractivity contribution is 0.356. The predicted octanol–water partition coefficient (Wildman–Crippen LogP) is 2.25. The van der Waals surface area contributed by atoms with Crippen molar-refractivity contribution < 1.29 is 9.47 Å². The second-order valence-corrected chi connectivity index (χ2v) is 5.04. The Kier molecular flexibility index (Phi) is 3.06. The van der Waals surface area contributed by atoms with E-state index >= 15 is 0 Å². The molecule has 1 fully saturated rings. The molecule has 1 saturated heterocycles. The molecule has 0 amide bonds. The van der Waals surface area contributed by atoms with Crippen molar-refractivity contribution in [2.45, 2.75) is 19.4 Å². The predicted molar refractivity (Wildman–Crippen MR) is 73.7 cm³/mol. The van der Waals surface area contributed by atoms with Crippen molar-refractivity contribution in [1.82, 2.24) is 15.3 Å². The van der Waals surface area contributed by atoms with Crippen LogP contribution < -0.4 is 14.8 Å². The molecule has 0 radical (unpaired) electrons. The number of H-pyrrole nitrogens is 1. The van der Waals surface area contributed by atoms with Crippen molar-refractivity contribution in [2.75, 3.05) is 20.8 Å². The van der Waals surface area contributed by atoms with Crippen molar-refractivity contribution in [3.05, 3.63) is 18.0 Å². The first-order valence-electron chi connectivity index (χ1n) is 6.58. The van der Waals surface area contributed by atoms with Crippen molar-refractivity contribution in [3.63, 3.8) is 0 Å². The minimum absolute atomic E-state index is 0.310. The summed E-state index contributed by atoms with van der Waals surface area (Å²) >= 11 is 0. The first-order valence-corrected chi connectivity index (χ1v) is 6.58. The molecule has 5 nitrogen and oxygen atoms in total. The molecule has 102 valence electrons. The fourth-order valence-corrected chi connectivity index (χ4v) is 2.70. The van der Waals surface area contributed by atoms with E-state index < -0.39 is 0 Å². The number of nitrogens with one attached hydrogen (secondary N) is 2. The third kappa shape index (κ3) is 2.04. The molecule has 3 rings (SSSR count). The number of hydrogen-bond donors (Lipinski definition) is 2. The Labute approximate surface area is 112 Å². The smallest absolute Gasteiger partial charge is 0.163 e. The van der Waals surface area contributed by atoms with Gasteiger partial charge in [-0.3, -0.25) is 0 Å². The van der Waals surface area contributed by atoms with Crippen LogP contribution in [0.4, 0.5) is 0 Å². The molecule has 0 aliphatic carbocycles. The maximum absolute atomic E-state index is 5.31. The Balaban J connectivity index is 2.05. The summed E-state index contributed by atoms with van der Waals surface area (Å²) < 4.78 is 10.6. The maximum atomic E-state index is 5.31. The first-order chi connectivity index (χ1) is 9.22. The number of aromatic nitrogens is 2. The van der Waals surface area contributed by atoms with Gasteiger partial charge in [0.05, 0.1) is 31.3 Å². The molecule has 2 heterocycles. The summed E-state index contributed by atoms with van der Waals surface area (Å²) in [6.45, 7) is 3.30. The summed E-state index contributed by atoms with van der Waals surface area (Å²) in [7, 11) is 3.28. The van der Waals surface area contributed by atoms with E-state index in [0.717, 1.165) is 29.2 Å². The second kappa shape index (κ2) is 4.74. The number of ether oxygens (including phenoxy) is 2. The van der Waals surface area contributed by atoms with Crippen LogP contribution in [0.15, 0.2) is 12.1 Å². The molecule has 2 N–H and O–H groups in total. The molecule has 0 spiro atoms. The number of benzene rings is 1. The van der Waals surface area contributed by atoms with Crippen LogP contribution in [0, 0.1) is 5.92 Å². The van der Waals surface area contributed by atoms with Gasteiger partial charge in [0.2, 0.25) is 0 Å². The molecule has 1 aromatic carbocycles. The molecular formula is C14H19N3O2. The monoisotopic (exact) mass is 261 g/mol. The second-order valence-electron chi connectivity index (χ2n) is 5.04. The van der Waals surface area contributed by atoms with Gasteiger partial charge in [-0.15, -0.1) is 0 Å². The van der Waals surface area contributed by atoms with Gasteiger partial charge in [0.15, 0.2) is 11.5 Å². The van der Waals surface area contributed by atoms with Gasteiger partial charge in [-0.25, -0.2) is 4.98 Å². The average Bonchev–Trinajstić information content (AvgIpc) is 3.01. The fraction of sp³-hybridized carbons (Fsp3) is 0.500. The van der Waals surface area contributed by atoms with Crippen LogP contribution in [0.2, 0.25) is 0 Å². The Morgan fingerprint density at radius 2 is 1.95 bits per heavy atom. The van der Waals surface area contributed by atoms with Gasteiger partial charge in [0, 0.05) is 12.1 Å². The molecule has 1 aliphatic rings. The van der Waals surface area contributed by atoms with Gasteiger partial charge < -0.3 is 19.8 Å². The quantitative estimate of drug-likeness (QED) is 0.889. The molecule has 0 saturated carbocycles. The van der Waals surface area contributed by atoms with Crippen molar-refractivity contribution in [1.29, 1.82) is 0 Å². The van der Waals surface area contributed by atoms with Gasteiger partial charge >= 0.3 is 0 Å². The van der Waals surface area contributed by atoms with E-state index in [1.165, 1.54) is 6.42 Å². The van der Waals surface area contributed by atoms with Crippen molar-refractivity contribution >= 4 is 11.0 Å². The molecule has 2 unspecified atom stereocenters. The van der Waals surface area contributed by atoms with Crippen molar-refractivity contribution in [3.8, 4) is 11.5 Å². The van der Waals surface area contributed by atoms with Crippen molar-refractivity contribution in [2.24, 2.45) is 5.92 Å². The molecule has 19 heavy (non-hydrogen) atoms. The third-order valence-electron chi connectivity index (χ3n) is 3.83. The number of nitrogens with zero attached hydrogens (tertiary/aromatic N) is 1. The number of hydrogen-bond acceptors (Lipinski definition) is 4. The van der Waals surface area contributed by atoms with E-state index in [2.05, 4.69) is 22.2 Å². The van der Waals surface area contributed by atoms with Gasteiger partial charge in [0.25, 0.3) is 0 Å². The van der Waals surface area contributed by atoms with Gasteiger partial charge in [0.1, 0.15) is 5.82 Å². The normalized spacial score (nSPS) is 22.9. The Hall–Kier alpha value is -1.75. The third-order valence-corrected chi connectivity index (χ3v) is 3.83. The molecular weight excluding hydrogens is 242 g/mol. The zero-order valence-electron chi connectivity index (χ0n) is 11.5. The molecule has 2 atom stereocenters. The highest BCUT2D eigenvalue weighted by Gasteiger charge is 2.27. The van der Waals surface area contributed by atoms with Crippen LogP contribution in [-0.2, 0) is 0 Å². The Morgan fingerprint density at radius 1 is 1.21 bits per heavy atom. The highest BCUT2D eigenvalue weighted by atomic mass is 16.5. The topological polar surface area (TPSA) is 59.2 Å². The standard InChI is InChI=1S/C14H19N3O2/c1-8-4-5-15-13(8)14-16-9-6-11(18-2)12(19-3)7-10(9)17-14/h6-8,13,15H,4-5H2,1-3H3,(H,16,17). The van der Waals surface area contributed by atoms with E-state index in [0.29, 0.717) is 17.7 Å². The van der Waals surface area contributed by atoms with E-state index in [1.807, 2.05) is 12.1 Å². The summed E-state index contributed by atoms with van der Waals surface area (Å²) in [5, 5.41) is 3.48. The van der Waals surface area contributed by atoms with Gasteiger partial charge in [-0.05, 0) is 18.9 Å². The molecule has 0 bridgehead atoms. The van der Waals surface area contributed by atoms with Crippen LogP contribution in [0.5, 0.6) is 11.5 Å². The number of methoxy groups -OCH3 is 2. The summed E-state index contributed by atoms with van der Waals surface area (Å²) in [4.78, 5) is 8.06. The fourth-order valence-electron chi connectivity index (χ4n) is 2.70. The molecule has 2 aromatic rings. The Morgan fingerprint density at radius 3 is 2.58 bits per heavy atom. The number of imidazole rings is 1. The van der Waals surface area contributed by atoms with Crippen LogP contribution in [0.25, 0.3) is 11.0 Å². The molecule has 5 heteroatoms. The number of aromatic amines is 1. The molecule has 1 aliphatic heterocycles. The Bertz CT molecular complexity index is 553. The van der Waals surface area contributed by atoms with Gasteiger partial charge in [-0.1, -0.05) is 6.92 Å². The summed E-state index contributed by atoms with van der Waals surface area (Å²) in [5.41, 5.74) is 1.89. The van der Waals surface area contributed by atoms with Crippen LogP contribution in [-0.4, -0.2) is 30.7 Å². The number of rotatable bonds is 3. The maximum Gasteiger partial charge on any atom is 0.163 e. The first kappa shape index (κ1) is 12.3. The van der Waals surface area contributed by atoms with Crippen LogP contribution in [0.1, 0.15) is 25.2 Å². The van der Waals surface area contributed by atoms with E-state index in [1.54, 1.807) is 14.2 Å². The molecule has 1 aromatic heterocycles. The summed E-state index contributed by atoms with van der Waals surface area (Å²) in [6, 6.07) is 4.15. The van der Waals surface area contributed by atoms with Crippen LogP contribution >= 0.6 is 0 Å². The van der Waals surface area contributed by atoms with Gasteiger partial charge in [-0.2, -0.15) is 0 Å². The zero-order valence-corrected chi connectivity index (χ0v) is 11.5. The zero-order chi connectivity index (χ0) is 13.4. The largest absolute Gasteiger partial charge is 0.493 e. The SMILES string of the molecule is COc1cc2nc(C3NCCC3C)[nH]c2cc1OC. The summed E-state index contributed by atoms with van der Waals surface area (Å²) in [5.74, 6) is 3.03. The lowest BCUT2D eigenvalue weighted by Gasteiger charge is -2.11. The van der Waals surface area contributed by atoms with E-state index in [-0.39, 0.29) is 0 Å². The lowest BCUT2D eigenvalue weighted by Crippen LogP contribution is -2.17. The van der Waals surface area contributed by atoms with Crippen LogP contribution in [0.3, 0.4) is 0 Å². The highest BCUT2D eigenvalue weighted by Crippen LogP contribution is 2.33. The minimum Gasteiger partial charge on any atom is -0.493 e. The minimum atomic E-state index is 0.310. The average molecular weight is 261 g/mol. The highest BCUT2D eigenvalue weighted by molar-refractivity contribution is 5.79. The lowest BCUT2D eigenvalue weighted by atomic mass is 10.0. The van der Waals surface area contributed by atoms with E-state index in [4.69, 9.17) is 9.47 Å². The summed E-state index contributed by atoms with van der Waals surface area (Å²) in [6.07, 6.45) is 1.19. The number of fused-ring (bicyclic) bond motifs is 1.